The van der Waals surface area contributed by atoms with Crippen LogP contribution in [0.2, 0.25) is 0 Å². The number of aryl methyl sites for hydroxylation is 1. The Labute approximate surface area is 153 Å². The molecule has 2 aromatic rings. The molecule has 0 saturated heterocycles. The van der Waals surface area contributed by atoms with Crippen molar-refractivity contribution in [3.63, 3.8) is 0 Å². The van der Waals surface area contributed by atoms with Crippen LogP contribution in [0.15, 0.2) is 42.5 Å². The quantitative estimate of drug-likeness (QED) is 0.828. The number of hydrogen-bond donors (Lipinski definition) is 1. The second-order valence-corrected chi connectivity index (χ2v) is 5.80. The first-order chi connectivity index (χ1) is 12.5. The molecule has 0 bridgehead atoms. The third-order valence-corrected chi connectivity index (χ3v) is 4.00. The van der Waals surface area contributed by atoms with E-state index in [0.29, 0.717) is 30.2 Å². The van der Waals surface area contributed by atoms with Gasteiger partial charge in [-0.3, -0.25) is 9.59 Å². The highest BCUT2D eigenvalue weighted by molar-refractivity contribution is 6.00. The van der Waals surface area contributed by atoms with Crippen LogP contribution in [-0.4, -0.2) is 39.1 Å². The van der Waals surface area contributed by atoms with E-state index in [9.17, 15) is 9.59 Å². The van der Waals surface area contributed by atoms with Crippen molar-refractivity contribution >= 4 is 17.5 Å². The van der Waals surface area contributed by atoms with Crippen molar-refractivity contribution in [2.75, 3.05) is 32.2 Å². The van der Waals surface area contributed by atoms with E-state index < -0.39 is 0 Å². The Bertz CT molecular complexity index is 750. The highest BCUT2D eigenvalue weighted by Gasteiger charge is 2.18. The van der Waals surface area contributed by atoms with Gasteiger partial charge in [-0.05, 0) is 31.2 Å². The standard InChI is InChI=1S/C20H24N2O4/c1-14-8-10-16(11-9-14)22(15(2)23)13-12-21-20(24)19-17(25-3)6-5-7-18(19)26-4/h5-11H,12-13H2,1-4H3,(H,21,24). The molecule has 2 amide bonds. The molecule has 0 radical (unpaired) electrons. The monoisotopic (exact) mass is 356 g/mol. The first-order valence-electron chi connectivity index (χ1n) is 8.32. The van der Waals surface area contributed by atoms with Crippen molar-refractivity contribution < 1.29 is 19.1 Å². The van der Waals surface area contributed by atoms with Crippen molar-refractivity contribution in [3.8, 4) is 11.5 Å². The maximum atomic E-state index is 12.6. The van der Waals surface area contributed by atoms with Gasteiger partial charge >= 0.3 is 0 Å². The summed E-state index contributed by atoms with van der Waals surface area (Å²) >= 11 is 0. The lowest BCUT2D eigenvalue weighted by molar-refractivity contribution is -0.116. The molecule has 1 N–H and O–H groups in total. The van der Waals surface area contributed by atoms with Gasteiger partial charge in [0.05, 0.1) is 14.2 Å². The van der Waals surface area contributed by atoms with Crippen molar-refractivity contribution in [1.29, 1.82) is 0 Å². The summed E-state index contributed by atoms with van der Waals surface area (Å²) in [5.41, 5.74) is 2.25. The predicted molar refractivity (Wildman–Crippen MR) is 101 cm³/mol. The molecule has 0 aromatic heterocycles. The first-order valence-corrected chi connectivity index (χ1v) is 8.32. The number of nitrogens with one attached hydrogen (secondary N) is 1. The molecular formula is C20H24N2O4. The largest absolute Gasteiger partial charge is 0.496 e. The number of carbonyl (C=O) groups is 2. The number of benzene rings is 2. The van der Waals surface area contributed by atoms with Gasteiger partial charge in [0.25, 0.3) is 5.91 Å². The number of hydrogen-bond acceptors (Lipinski definition) is 4. The molecule has 0 aliphatic carbocycles. The Hall–Kier alpha value is -3.02. The van der Waals surface area contributed by atoms with E-state index in [2.05, 4.69) is 5.32 Å². The molecule has 0 saturated carbocycles. The van der Waals surface area contributed by atoms with Crippen LogP contribution in [0.3, 0.4) is 0 Å². The smallest absolute Gasteiger partial charge is 0.258 e. The topological polar surface area (TPSA) is 67.9 Å². The van der Waals surface area contributed by atoms with Gasteiger partial charge in [0.15, 0.2) is 0 Å². The summed E-state index contributed by atoms with van der Waals surface area (Å²) in [6, 6.07) is 12.8. The number of carbonyl (C=O) groups excluding carboxylic acids is 2. The summed E-state index contributed by atoms with van der Waals surface area (Å²) in [5, 5.41) is 2.82. The van der Waals surface area contributed by atoms with E-state index in [1.54, 1.807) is 23.1 Å². The zero-order chi connectivity index (χ0) is 19.1. The fourth-order valence-corrected chi connectivity index (χ4v) is 2.64. The summed E-state index contributed by atoms with van der Waals surface area (Å²) in [6.07, 6.45) is 0. The van der Waals surface area contributed by atoms with Crippen LogP contribution in [0, 0.1) is 6.92 Å². The zero-order valence-corrected chi connectivity index (χ0v) is 15.5. The molecule has 138 valence electrons. The van der Waals surface area contributed by atoms with Gasteiger partial charge in [-0.15, -0.1) is 0 Å². The average Bonchev–Trinajstić information content (AvgIpc) is 2.65. The Morgan fingerprint density at radius 3 is 2.08 bits per heavy atom. The normalized spacial score (nSPS) is 10.2. The second-order valence-electron chi connectivity index (χ2n) is 5.80. The molecule has 0 unspecified atom stereocenters. The van der Waals surface area contributed by atoms with E-state index in [4.69, 9.17) is 9.47 Å². The van der Waals surface area contributed by atoms with Crippen molar-refractivity contribution in [2.45, 2.75) is 13.8 Å². The highest BCUT2D eigenvalue weighted by Crippen LogP contribution is 2.27. The molecule has 0 spiro atoms. The minimum absolute atomic E-state index is 0.0852. The fourth-order valence-electron chi connectivity index (χ4n) is 2.64. The Kier molecular flexibility index (Phi) is 6.60. The van der Waals surface area contributed by atoms with E-state index in [-0.39, 0.29) is 11.8 Å². The van der Waals surface area contributed by atoms with Crippen molar-refractivity contribution in [3.05, 3.63) is 53.6 Å². The Morgan fingerprint density at radius 2 is 1.58 bits per heavy atom. The van der Waals surface area contributed by atoms with Gasteiger partial charge in [0.1, 0.15) is 17.1 Å². The van der Waals surface area contributed by atoms with E-state index >= 15 is 0 Å². The number of nitrogens with zero attached hydrogens (tertiary/aromatic N) is 1. The Morgan fingerprint density at radius 1 is 1.00 bits per heavy atom. The maximum Gasteiger partial charge on any atom is 0.258 e. The van der Waals surface area contributed by atoms with Crippen LogP contribution >= 0.6 is 0 Å². The molecule has 0 fully saturated rings. The summed E-state index contributed by atoms with van der Waals surface area (Å²) in [5.74, 6) is 0.470. The van der Waals surface area contributed by atoms with E-state index in [0.717, 1.165) is 11.3 Å². The molecule has 6 heteroatoms. The molecule has 0 atom stereocenters. The van der Waals surface area contributed by atoms with Crippen LogP contribution < -0.4 is 19.7 Å². The lowest BCUT2D eigenvalue weighted by Gasteiger charge is -2.22. The average molecular weight is 356 g/mol. The number of rotatable bonds is 7. The van der Waals surface area contributed by atoms with Gasteiger partial charge in [-0.1, -0.05) is 23.8 Å². The second kappa shape index (κ2) is 8.89. The Balaban J connectivity index is 2.07. The number of anilines is 1. The molecule has 0 aliphatic rings. The van der Waals surface area contributed by atoms with Crippen molar-refractivity contribution in [2.24, 2.45) is 0 Å². The summed E-state index contributed by atoms with van der Waals surface area (Å²) < 4.78 is 10.5. The maximum absolute atomic E-state index is 12.6. The van der Waals surface area contributed by atoms with Crippen LogP contribution in [0.5, 0.6) is 11.5 Å². The fraction of sp³-hybridized carbons (Fsp3) is 0.300. The molecule has 0 aliphatic heterocycles. The molecule has 0 heterocycles. The van der Waals surface area contributed by atoms with Crippen LogP contribution in [0.25, 0.3) is 0 Å². The summed E-state index contributed by atoms with van der Waals surface area (Å²) in [4.78, 5) is 26.1. The van der Waals surface area contributed by atoms with E-state index in [1.165, 1.54) is 21.1 Å². The minimum Gasteiger partial charge on any atom is -0.496 e. The summed E-state index contributed by atoms with van der Waals surface area (Å²) in [6.45, 7) is 4.16. The van der Waals surface area contributed by atoms with Crippen molar-refractivity contribution in [1.82, 2.24) is 5.32 Å². The lowest BCUT2D eigenvalue weighted by atomic mass is 10.1. The van der Waals surface area contributed by atoms with Gasteiger partial charge in [0, 0.05) is 25.7 Å². The van der Waals surface area contributed by atoms with Crippen LogP contribution in [-0.2, 0) is 4.79 Å². The number of ether oxygens (including phenoxy) is 2. The zero-order valence-electron chi connectivity index (χ0n) is 15.5. The first kappa shape index (κ1) is 19.3. The highest BCUT2D eigenvalue weighted by atomic mass is 16.5. The molecule has 26 heavy (non-hydrogen) atoms. The van der Waals surface area contributed by atoms with E-state index in [1.807, 2.05) is 31.2 Å². The van der Waals surface area contributed by atoms with Gasteiger partial charge in [0.2, 0.25) is 5.91 Å². The number of methoxy groups -OCH3 is 2. The molecule has 6 nitrogen and oxygen atoms in total. The molecule has 2 rings (SSSR count). The van der Waals surface area contributed by atoms with Crippen LogP contribution in [0.1, 0.15) is 22.8 Å². The van der Waals surface area contributed by atoms with Gasteiger partial charge < -0.3 is 19.7 Å². The SMILES string of the molecule is COc1cccc(OC)c1C(=O)NCCN(C(C)=O)c1ccc(C)cc1. The summed E-state index contributed by atoms with van der Waals surface area (Å²) in [7, 11) is 3.00. The third-order valence-electron chi connectivity index (χ3n) is 4.00. The number of amides is 2. The van der Waals surface area contributed by atoms with Crippen LogP contribution in [0.4, 0.5) is 5.69 Å². The predicted octanol–water partition coefficient (Wildman–Crippen LogP) is 2.80. The molecule has 2 aromatic carbocycles. The lowest BCUT2D eigenvalue weighted by Crippen LogP contribution is -2.37. The third kappa shape index (κ3) is 4.53. The van der Waals surface area contributed by atoms with Gasteiger partial charge in [-0.25, -0.2) is 0 Å². The van der Waals surface area contributed by atoms with Gasteiger partial charge in [-0.2, -0.15) is 0 Å². The minimum atomic E-state index is -0.313. The molecular weight excluding hydrogens is 332 g/mol.